The van der Waals surface area contributed by atoms with E-state index in [1.807, 2.05) is 30.3 Å². The summed E-state index contributed by atoms with van der Waals surface area (Å²) in [6.07, 6.45) is 1.64. The van der Waals surface area contributed by atoms with Gasteiger partial charge >= 0.3 is 11.9 Å². The van der Waals surface area contributed by atoms with E-state index >= 15 is 0 Å². The molecule has 6 heteroatoms. The van der Waals surface area contributed by atoms with Crippen LogP contribution in [-0.4, -0.2) is 17.0 Å². The number of nitrogens with zero attached hydrogens (tertiary/aromatic N) is 1. The molecule has 5 nitrogen and oxygen atoms in total. The predicted octanol–water partition coefficient (Wildman–Crippen LogP) is -1.86. The lowest BCUT2D eigenvalue weighted by atomic mass is 10.1. The number of rotatable bonds is 4. The minimum atomic E-state index is -1.12. The van der Waals surface area contributed by atoms with Crippen LogP contribution in [0.25, 0.3) is 0 Å². The summed E-state index contributed by atoms with van der Waals surface area (Å²) in [5.74, 6) is -1.53. The maximum absolute atomic E-state index is 12.2. The number of benzene rings is 1. The fourth-order valence-corrected chi connectivity index (χ4v) is 1.93. The Balaban J connectivity index is 0.00000220. The molecule has 2 aromatic rings. The van der Waals surface area contributed by atoms with Gasteiger partial charge in [0.05, 0.1) is 0 Å². The SMILES string of the molecule is C[n+]1cccc(C(=O)O)c1C(=O)NCc1ccccc1.[I-]. The lowest BCUT2D eigenvalue weighted by Crippen LogP contribution is -3.00. The van der Waals surface area contributed by atoms with Crippen molar-refractivity contribution >= 4 is 11.9 Å². The Morgan fingerprint density at radius 3 is 2.43 bits per heavy atom. The molecule has 1 aromatic carbocycles. The summed E-state index contributed by atoms with van der Waals surface area (Å²) in [6.45, 7) is 0.355. The van der Waals surface area contributed by atoms with Crippen LogP contribution < -0.4 is 33.9 Å². The quantitative estimate of drug-likeness (QED) is 0.469. The number of hydrogen-bond acceptors (Lipinski definition) is 2. The van der Waals surface area contributed by atoms with E-state index in [1.165, 1.54) is 10.6 Å². The van der Waals surface area contributed by atoms with Gasteiger partial charge < -0.3 is 34.4 Å². The molecule has 2 N–H and O–H groups in total. The molecule has 0 aliphatic heterocycles. The largest absolute Gasteiger partial charge is 1.00 e. The third-order valence-electron chi connectivity index (χ3n) is 2.92. The maximum atomic E-state index is 12.2. The highest BCUT2D eigenvalue weighted by Crippen LogP contribution is 2.04. The van der Waals surface area contributed by atoms with Crippen molar-refractivity contribution in [2.24, 2.45) is 7.05 Å². The number of hydrogen-bond donors (Lipinski definition) is 2. The molecule has 21 heavy (non-hydrogen) atoms. The minimum absolute atomic E-state index is 0. The van der Waals surface area contributed by atoms with E-state index in [0.29, 0.717) is 6.54 Å². The molecule has 0 saturated carbocycles. The first-order chi connectivity index (χ1) is 9.59. The lowest BCUT2D eigenvalue weighted by Gasteiger charge is -2.06. The van der Waals surface area contributed by atoms with Crippen molar-refractivity contribution in [2.75, 3.05) is 0 Å². The molecule has 0 unspecified atom stereocenters. The van der Waals surface area contributed by atoms with E-state index in [9.17, 15) is 9.59 Å². The van der Waals surface area contributed by atoms with Crippen molar-refractivity contribution in [3.05, 3.63) is 65.5 Å². The number of nitrogens with one attached hydrogen (secondary N) is 1. The van der Waals surface area contributed by atoms with E-state index in [4.69, 9.17) is 5.11 Å². The Hall–Kier alpha value is -1.96. The molecule has 0 aliphatic carbocycles. The average molecular weight is 398 g/mol. The Kier molecular flexibility index (Phi) is 6.29. The molecule has 0 saturated heterocycles. The first-order valence-corrected chi connectivity index (χ1v) is 6.13. The average Bonchev–Trinajstić information content (AvgIpc) is 2.45. The molecule has 0 spiro atoms. The molecular formula is C15H15IN2O3. The third kappa shape index (κ3) is 4.25. The number of carbonyl (C=O) groups excluding carboxylic acids is 1. The van der Waals surface area contributed by atoms with Crippen LogP contribution in [0.5, 0.6) is 0 Å². The van der Waals surface area contributed by atoms with Crippen molar-refractivity contribution in [1.82, 2.24) is 5.32 Å². The summed E-state index contributed by atoms with van der Waals surface area (Å²) in [4.78, 5) is 23.3. The van der Waals surface area contributed by atoms with Crippen LogP contribution in [0.2, 0.25) is 0 Å². The van der Waals surface area contributed by atoms with Gasteiger partial charge in [0.1, 0.15) is 12.6 Å². The summed E-state index contributed by atoms with van der Waals surface area (Å²) in [6, 6.07) is 12.5. The topological polar surface area (TPSA) is 70.3 Å². The van der Waals surface area contributed by atoms with E-state index in [2.05, 4.69) is 5.32 Å². The van der Waals surface area contributed by atoms with Crippen molar-refractivity contribution in [2.45, 2.75) is 6.54 Å². The maximum Gasteiger partial charge on any atom is 0.342 e. The molecule has 0 fully saturated rings. The monoisotopic (exact) mass is 398 g/mol. The second-order valence-corrected chi connectivity index (χ2v) is 4.35. The molecular weight excluding hydrogens is 383 g/mol. The van der Waals surface area contributed by atoms with Gasteiger partial charge in [0.15, 0.2) is 6.20 Å². The second-order valence-electron chi connectivity index (χ2n) is 4.35. The smallest absolute Gasteiger partial charge is 0.342 e. The zero-order valence-corrected chi connectivity index (χ0v) is 13.6. The highest BCUT2D eigenvalue weighted by atomic mass is 127. The van der Waals surface area contributed by atoms with Gasteiger partial charge in [-0.1, -0.05) is 30.3 Å². The fourth-order valence-electron chi connectivity index (χ4n) is 1.93. The molecule has 0 radical (unpaired) electrons. The molecule has 0 bridgehead atoms. The van der Waals surface area contributed by atoms with Crippen LogP contribution in [0, 0.1) is 0 Å². The van der Waals surface area contributed by atoms with E-state index in [0.717, 1.165) is 5.56 Å². The van der Waals surface area contributed by atoms with E-state index < -0.39 is 11.9 Å². The molecule has 1 amide bonds. The van der Waals surface area contributed by atoms with E-state index in [-0.39, 0.29) is 35.2 Å². The number of pyridine rings is 1. The molecule has 2 rings (SSSR count). The van der Waals surface area contributed by atoms with Crippen molar-refractivity contribution < 1.29 is 43.2 Å². The zero-order chi connectivity index (χ0) is 14.5. The first-order valence-electron chi connectivity index (χ1n) is 6.13. The Labute approximate surface area is 139 Å². The highest BCUT2D eigenvalue weighted by Gasteiger charge is 2.25. The summed E-state index contributed by atoms with van der Waals surface area (Å²) < 4.78 is 1.50. The highest BCUT2D eigenvalue weighted by molar-refractivity contribution is 6.02. The van der Waals surface area contributed by atoms with Crippen molar-refractivity contribution in [3.8, 4) is 0 Å². The van der Waals surface area contributed by atoms with Crippen LogP contribution >= 0.6 is 0 Å². The summed E-state index contributed by atoms with van der Waals surface area (Å²) in [5, 5.41) is 11.9. The Morgan fingerprint density at radius 1 is 1.14 bits per heavy atom. The summed E-state index contributed by atoms with van der Waals surface area (Å²) >= 11 is 0. The number of carboxylic acid groups (broad SMARTS) is 1. The molecule has 0 aliphatic rings. The van der Waals surface area contributed by atoms with Gasteiger partial charge in [0.2, 0.25) is 0 Å². The minimum Gasteiger partial charge on any atom is -1.00 e. The van der Waals surface area contributed by atoms with Crippen LogP contribution in [0.3, 0.4) is 0 Å². The number of aromatic carboxylic acids is 1. The number of halogens is 1. The van der Waals surface area contributed by atoms with Gasteiger partial charge in [-0.25, -0.2) is 4.79 Å². The van der Waals surface area contributed by atoms with Crippen molar-refractivity contribution in [3.63, 3.8) is 0 Å². The van der Waals surface area contributed by atoms with Gasteiger partial charge in [0.25, 0.3) is 5.69 Å². The van der Waals surface area contributed by atoms with Gasteiger partial charge in [-0.3, -0.25) is 4.79 Å². The normalized spacial score (nSPS) is 9.57. The van der Waals surface area contributed by atoms with Crippen LogP contribution in [-0.2, 0) is 13.6 Å². The van der Waals surface area contributed by atoms with Gasteiger partial charge in [0, 0.05) is 12.6 Å². The number of amides is 1. The molecule has 0 atom stereocenters. The van der Waals surface area contributed by atoms with Crippen LogP contribution in [0.15, 0.2) is 48.7 Å². The molecule has 110 valence electrons. The third-order valence-corrected chi connectivity index (χ3v) is 2.92. The second kappa shape index (κ2) is 7.72. The molecule has 1 heterocycles. The number of aryl methyl sites for hydroxylation is 1. The van der Waals surface area contributed by atoms with Crippen LogP contribution in [0.1, 0.15) is 26.4 Å². The van der Waals surface area contributed by atoms with Gasteiger partial charge in [-0.15, -0.1) is 0 Å². The lowest BCUT2D eigenvalue weighted by molar-refractivity contribution is -0.673. The number of carboxylic acids is 1. The van der Waals surface area contributed by atoms with E-state index in [1.54, 1.807) is 19.3 Å². The predicted molar refractivity (Wildman–Crippen MR) is 72.2 cm³/mol. The summed E-state index contributed by atoms with van der Waals surface area (Å²) in [5.41, 5.74) is 1.08. The summed E-state index contributed by atoms with van der Waals surface area (Å²) in [7, 11) is 1.64. The fraction of sp³-hybridized carbons (Fsp3) is 0.133. The zero-order valence-electron chi connectivity index (χ0n) is 11.4. The Bertz CT molecular complexity index is 645. The van der Waals surface area contributed by atoms with Crippen molar-refractivity contribution in [1.29, 1.82) is 0 Å². The van der Waals surface area contributed by atoms with Gasteiger partial charge in [-0.05, 0) is 11.6 Å². The first kappa shape index (κ1) is 17.1. The number of carbonyl (C=O) groups is 2. The van der Waals surface area contributed by atoms with Crippen LogP contribution in [0.4, 0.5) is 0 Å². The standard InChI is InChI=1S/C15H14N2O3.HI/c1-17-9-5-8-12(15(19)20)13(17)14(18)16-10-11-6-3-2-4-7-11;/h2-9H,10H2,1H3,(H-,16,18,19,20);1H. The van der Waals surface area contributed by atoms with Gasteiger partial charge in [-0.2, -0.15) is 4.57 Å². The number of aromatic nitrogens is 1. The molecule has 1 aromatic heterocycles. The Morgan fingerprint density at radius 2 is 1.81 bits per heavy atom.